The van der Waals surface area contributed by atoms with Gasteiger partial charge in [0, 0.05) is 16.7 Å². The fraction of sp³-hybridized carbons (Fsp3) is 0.588. The van der Waals surface area contributed by atoms with Crippen LogP contribution < -0.4 is 5.32 Å². The van der Waals surface area contributed by atoms with E-state index in [1.807, 2.05) is 38.6 Å². The second-order valence-electron chi connectivity index (χ2n) is 6.57. The average molecular weight is 307 g/mol. The monoisotopic (exact) mass is 307 g/mol. The molecule has 1 aromatic rings. The lowest BCUT2D eigenvalue weighted by Gasteiger charge is -2.24. The Balaban J connectivity index is 1.81. The van der Waals surface area contributed by atoms with Crippen molar-refractivity contribution in [2.45, 2.75) is 56.6 Å². The highest BCUT2D eigenvalue weighted by atomic mass is 32.2. The number of rotatable bonds is 4. The van der Waals surface area contributed by atoms with Gasteiger partial charge in [-0.1, -0.05) is 24.6 Å². The summed E-state index contributed by atoms with van der Waals surface area (Å²) in [6, 6.07) is 10.7. The van der Waals surface area contributed by atoms with Crippen molar-refractivity contribution in [3.8, 4) is 0 Å². The minimum absolute atomic E-state index is 0.246. The van der Waals surface area contributed by atoms with Crippen molar-refractivity contribution < 1.29 is 9.53 Å². The van der Waals surface area contributed by atoms with Crippen molar-refractivity contribution in [1.82, 2.24) is 5.32 Å². The Morgan fingerprint density at radius 3 is 2.67 bits per heavy atom. The first-order valence-corrected chi connectivity index (χ1v) is 8.60. The third-order valence-electron chi connectivity index (χ3n) is 3.57. The molecular weight excluding hydrogens is 282 g/mol. The highest BCUT2D eigenvalue weighted by molar-refractivity contribution is 7.99. The molecule has 1 amide bonds. The summed E-state index contributed by atoms with van der Waals surface area (Å²) >= 11 is 1.87. The van der Waals surface area contributed by atoms with Crippen LogP contribution in [0.2, 0.25) is 0 Å². The Bertz CT molecular complexity index is 456. The topological polar surface area (TPSA) is 38.3 Å². The van der Waals surface area contributed by atoms with Gasteiger partial charge in [-0.25, -0.2) is 4.79 Å². The zero-order chi connectivity index (χ0) is 15.3. The van der Waals surface area contributed by atoms with Crippen molar-refractivity contribution in [3.05, 3.63) is 30.3 Å². The van der Waals surface area contributed by atoms with E-state index in [9.17, 15) is 4.79 Å². The van der Waals surface area contributed by atoms with Gasteiger partial charge in [0.25, 0.3) is 0 Å². The van der Waals surface area contributed by atoms with Crippen LogP contribution in [-0.2, 0) is 4.74 Å². The molecule has 2 atom stereocenters. The lowest BCUT2D eigenvalue weighted by atomic mass is 10.1. The predicted molar refractivity (Wildman–Crippen MR) is 87.7 cm³/mol. The summed E-state index contributed by atoms with van der Waals surface area (Å²) in [4.78, 5) is 13.2. The van der Waals surface area contributed by atoms with Gasteiger partial charge < -0.3 is 10.1 Å². The van der Waals surface area contributed by atoms with Crippen LogP contribution in [0.25, 0.3) is 0 Å². The van der Waals surface area contributed by atoms with Crippen molar-refractivity contribution in [2.24, 2.45) is 5.92 Å². The van der Waals surface area contributed by atoms with Gasteiger partial charge in [-0.2, -0.15) is 0 Å². The smallest absolute Gasteiger partial charge is 0.407 e. The Kier molecular flexibility index (Phi) is 5.57. The van der Waals surface area contributed by atoms with Gasteiger partial charge in [0.1, 0.15) is 5.60 Å². The quantitative estimate of drug-likeness (QED) is 0.834. The van der Waals surface area contributed by atoms with E-state index in [2.05, 4.69) is 29.6 Å². The molecule has 1 N–H and O–H groups in total. The molecule has 0 bridgehead atoms. The minimum atomic E-state index is -0.434. The Labute approximate surface area is 131 Å². The fourth-order valence-electron chi connectivity index (χ4n) is 2.61. The van der Waals surface area contributed by atoms with Crippen LogP contribution in [0.1, 0.15) is 40.0 Å². The van der Waals surface area contributed by atoms with Crippen LogP contribution in [0, 0.1) is 5.92 Å². The maximum atomic E-state index is 11.9. The zero-order valence-electron chi connectivity index (χ0n) is 13.1. The average Bonchev–Trinajstić information content (AvgIpc) is 2.82. The van der Waals surface area contributed by atoms with Gasteiger partial charge in [0.15, 0.2) is 0 Å². The Morgan fingerprint density at radius 1 is 1.29 bits per heavy atom. The maximum absolute atomic E-state index is 11.9. The van der Waals surface area contributed by atoms with Crippen LogP contribution in [-0.4, -0.2) is 23.5 Å². The van der Waals surface area contributed by atoms with Crippen molar-refractivity contribution >= 4 is 17.9 Å². The number of hydrogen-bond donors (Lipinski definition) is 1. The van der Waals surface area contributed by atoms with Gasteiger partial charge in [0.05, 0.1) is 0 Å². The molecule has 0 radical (unpaired) electrons. The van der Waals surface area contributed by atoms with Crippen LogP contribution in [0.3, 0.4) is 0 Å². The third-order valence-corrected chi connectivity index (χ3v) is 4.77. The highest BCUT2D eigenvalue weighted by Crippen LogP contribution is 2.31. The summed E-state index contributed by atoms with van der Waals surface area (Å²) in [7, 11) is 0. The van der Waals surface area contributed by atoms with Gasteiger partial charge in [-0.3, -0.25) is 0 Å². The molecule has 1 aromatic carbocycles. The lowest BCUT2D eigenvalue weighted by Crippen LogP contribution is -2.41. The molecular formula is C17H25NO2S. The van der Waals surface area contributed by atoms with Crippen molar-refractivity contribution in [1.29, 1.82) is 0 Å². The summed E-state index contributed by atoms with van der Waals surface area (Å²) in [5.41, 5.74) is -0.434. The molecule has 1 aliphatic carbocycles. The number of alkyl carbamates (subject to hydrolysis) is 1. The molecule has 4 heteroatoms. The summed E-state index contributed by atoms with van der Waals surface area (Å²) in [6.07, 6.45) is 3.13. The number of amides is 1. The molecule has 1 saturated carbocycles. The first kappa shape index (κ1) is 16.2. The van der Waals surface area contributed by atoms with Crippen LogP contribution in [0.5, 0.6) is 0 Å². The number of hydrogen-bond acceptors (Lipinski definition) is 3. The van der Waals surface area contributed by atoms with E-state index in [4.69, 9.17) is 4.74 Å². The van der Waals surface area contributed by atoms with E-state index < -0.39 is 5.60 Å². The van der Waals surface area contributed by atoms with Crippen LogP contribution in [0.4, 0.5) is 4.79 Å². The molecule has 21 heavy (non-hydrogen) atoms. The normalized spacial score (nSPS) is 22.0. The SMILES string of the molecule is CC(C)(C)OC(=O)N[C@H]1CCC[C@H]1CSc1ccccc1. The lowest BCUT2D eigenvalue weighted by molar-refractivity contribution is 0.0495. The molecule has 1 aliphatic rings. The number of nitrogens with one attached hydrogen (secondary N) is 1. The van der Waals surface area contributed by atoms with Gasteiger partial charge in [0.2, 0.25) is 0 Å². The highest BCUT2D eigenvalue weighted by Gasteiger charge is 2.30. The van der Waals surface area contributed by atoms with E-state index in [1.165, 1.54) is 17.7 Å². The standard InChI is InChI=1S/C17H25NO2S/c1-17(2,3)20-16(19)18-15-11-7-8-13(15)12-21-14-9-5-4-6-10-14/h4-6,9-10,13,15H,7-8,11-12H2,1-3H3,(H,18,19)/t13-,15-/m0/s1. The molecule has 0 unspecified atom stereocenters. The molecule has 0 saturated heterocycles. The van der Waals surface area contributed by atoms with Gasteiger partial charge >= 0.3 is 6.09 Å². The minimum Gasteiger partial charge on any atom is -0.444 e. The number of thioether (sulfide) groups is 1. The predicted octanol–water partition coefficient (Wildman–Crippen LogP) is 4.47. The molecule has 0 aromatic heterocycles. The second kappa shape index (κ2) is 7.21. The van der Waals surface area contributed by atoms with Crippen molar-refractivity contribution in [3.63, 3.8) is 0 Å². The first-order valence-electron chi connectivity index (χ1n) is 7.61. The largest absolute Gasteiger partial charge is 0.444 e. The Morgan fingerprint density at radius 2 is 2.00 bits per heavy atom. The number of benzene rings is 1. The summed E-state index contributed by atoms with van der Waals surface area (Å²) in [6.45, 7) is 5.68. The van der Waals surface area contributed by atoms with E-state index >= 15 is 0 Å². The van der Waals surface area contributed by atoms with Crippen LogP contribution >= 0.6 is 11.8 Å². The number of carbonyl (C=O) groups is 1. The molecule has 116 valence electrons. The van der Waals surface area contributed by atoms with E-state index in [0.717, 1.165) is 12.2 Å². The van der Waals surface area contributed by atoms with E-state index in [0.29, 0.717) is 5.92 Å². The maximum Gasteiger partial charge on any atom is 0.407 e. The number of ether oxygens (including phenoxy) is 1. The number of carbonyl (C=O) groups excluding carboxylic acids is 1. The Hall–Kier alpha value is -1.16. The molecule has 0 spiro atoms. The zero-order valence-corrected chi connectivity index (χ0v) is 13.9. The second-order valence-corrected chi connectivity index (χ2v) is 7.66. The van der Waals surface area contributed by atoms with Crippen LogP contribution in [0.15, 0.2) is 35.2 Å². The summed E-state index contributed by atoms with van der Waals surface area (Å²) < 4.78 is 5.35. The molecule has 3 nitrogen and oxygen atoms in total. The molecule has 2 rings (SSSR count). The summed E-state index contributed by atoms with van der Waals surface area (Å²) in [5.74, 6) is 1.58. The van der Waals surface area contributed by atoms with E-state index in [-0.39, 0.29) is 12.1 Å². The van der Waals surface area contributed by atoms with Gasteiger partial charge in [-0.15, -0.1) is 11.8 Å². The van der Waals surface area contributed by atoms with E-state index in [1.54, 1.807) is 0 Å². The fourth-order valence-corrected chi connectivity index (χ4v) is 3.76. The molecule has 0 aliphatic heterocycles. The molecule has 1 fully saturated rings. The van der Waals surface area contributed by atoms with Crippen molar-refractivity contribution in [2.75, 3.05) is 5.75 Å². The first-order chi connectivity index (χ1) is 9.94. The van der Waals surface area contributed by atoms with Gasteiger partial charge in [-0.05, 0) is 51.7 Å². The summed E-state index contributed by atoms with van der Waals surface area (Å²) in [5, 5.41) is 3.05. The third kappa shape index (κ3) is 5.62. The molecule has 0 heterocycles.